The Morgan fingerprint density at radius 1 is 1.47 bits per heavy atom. The number of hydrogen-bond acceptors (Lipinski definition) is 4. The molecule has 4 nitrogen and oxygen atoms in total. The third-order valence-electron chi connectivity index (χ3n) is 3.55. The van der Waals surface area contributed by atoms with E-state index >= 15 is 0 Å². The molecule has 1 atom stereocenters. The van der Waals surface area contributed by atoms with Gasteiger partial charge in [0.2, 0.25) is 0 Å². The molecule has 1 aromatic heterocycles. The number of hydrogen-bond donors (Lipinski definition) is 1. The zero-order chi connectivity index (χ0) is 13.5. The second-order valence-corrected chi connectivity index (χ2v) is 5.15. The van der Waals surface area contributed by atoms with Gasteiger partial charge in [0.15, 0.2) is 0 Å². The van der Waals surface area contributed by atoms with Crippen LogP contribution in [0.4, 0.5) is 5.69 Å². The molecule has 1 aliphatic rings. The van der Waals surface area contributed by atoms with Crippen molar-refractivity contribution in [3.8, 4) is 0 Å². The molecule has 0 amide bonds. The first-order valence-electron chi connectivity index (χ1n) is 7.28. The van der Waals surface area contributed by atoms with Crippen LogP contribution in [0.3, 0.4) is 0 Å². The average molecular weight is 263 g/mol. The summed E-state index contributed by atoms with van der Waals surface area (Å²) in [4.78, 5) is 6.66. The van der Waals surface area contributed by atoms with Crippen molar-refractivity contribution in [2.45, 2.75) is 38.8 Å². The monoisotopic (exact) mass is 263 g/mol. The molecule has 106 valence electrons. The summed E-state index contributed by atoms with van der Waals surface area (Å²) < 4.78 is 5.80. The molecule has 1 unspecified atom stereocenters. The van der Waals surface area contributed by atoms with Crippen molar-refractivity contribution in [2.24, 2.45) is 0 Å². The molecule has 0 saturated carbocycles. The van der Waals surface area contributed by atoms with Crippen LogP contribution in [0.25, 0.3) is 0 Å². The highest BCUT2D eigenvalue weighted by Crippen LogP contribution is 2.18. The summed E-state index contributed by atoms with van der Waals surface area (Å²) in [6.07, 6.45) is 5.95. The number of pyridine rings is 1. The number of aromatic nitrogens is 1. The number of nitrogens with one attached hydrogen (secondary N) is 1. The zero-order valence-corrected chi connectivity index (χ0v) is 12.1. The summed E-state index contributed by atoms with van der Waals surface area (Å²) in [6.45, 7) is 5.79. The highest BCUT2D eigenvalue weighted by molar-refractivity contribution is 5.45. The Hall–Kier alpha value is -1.13. The highest BCUT2D eigenvalue weighted by atomic mass is 16.5. The van der Waals surface area contributed by atoms with Crippen LogP contribution < -0.4 is 10.2 Å². The maximum absolute atomic E-state index is 5.80. The molecule has 2 rings (SSSR count). The summed E-state index contributed by atoms with van der Waals surface area (Å²) in [5, 5.41) is 3.31. The van der Waals surface area contributed by atoms with Gasteiger partial charge >= 0.3 is 0 Å². The number of anilines is 1. The SMILES string of the molecule is CCNCc1cc(N(C)CC2CCCCO2)ccn1. The maximum atomic E-state index is 5.80. The quantitative estimate of drug-likeness (QED) is 0.854. The molecule has 1 fully saturated rings. The number of ether oxygens (including phenoxy) is 1. The Morgan fingerprint density at radius 2 is 2.37 bits per heavy atom. The minimum atomic E-state index is 0.379. The lowest BCUT2D eigenvalue weighted by Crippen LogP contribution is -2.33. The Labute approximate surface area is 116 Å². The normalized spacial score (nSPS) is 19.4. The highest BCUT2D eigenvalue weighted by Gasteiger charge is 2.16. The van der Waals surface area contributed by atoms with E-state index in [1.165, 1.54) is 24.9 Å². The molecule has 1 N–H and O–H groups in total. The van der Waals surface area contributed by atoms with E-state index in [0.717, 1.165) is 31.9 Å². The van der Waals surface area contributed by atoms with Gasteiger partial charge in [0.1, 0.15) is 0 Å². The van der Waals surface area contributed by atoms with Gasteiger partial charge in [-0.25, -0.2) is 0 Å². The summed E-state index contributed by atoms with van der Waals surface area (Å²) in [7, 11) is 2.13. The van der Waals surface area contributed by atoms with Gasteiger partial charge < -0.3 is 15.0 Å². The predicted molar refractivity (Wildman–Crippen MR) is 78.5 cm³/mol. The van der Waals surface area contributed by atoms with Crippen LogP contribution in [0.5, 0.6) is 0 Å². The standard InChI is InChI=1S/C15H25N3O/c1-3-16-11-13-10-14(7-8-17-13)18(2)12-15-6-4-5-9-19-15/h7-8,10,15-16H,3-6,9,11-12H2,1-2H3. The van der Waals surface area contributed by atoms with Crippen molar-refractivity contribution in [3.63, 3.8) is 0 Å². The van der Waals surface area contributed by atoms with Gasteiger partial charge in [-0.05, 0) is 37.9 Å². The van der Waals surface area contributed by atoms with E-state index in [1.54, 1.807) is 0 Å². The minimum Gasteiger partial charge on any atom is -0.376 e. The van der Waals surface area contributed by atoms with Gasteiger partial charge in [-0.3, -0.25) is 4.98 Å². The van der Waals surface area contributed by atoms with Crippen molar-refractivity contribution in [2.75, 3.05) is 31.6 Å². The zero-order valence-electron chi connectivity index (χ0n) is 12.1. The fraction of sp³-hybridized carbons (Fsp3) is 0.667. The van der Waals surface area contributed by atoms with E-state index in [4.69, 9.17) is 4.74 Å². The molecule has 1 aliphatic heterocycles. The van der Waals surface area contributed by atoms with Crippen LogP contribution in [0, 0.1) is 0 Å². The van der Waals surface area contributed by atoms with E-state index in [0.29, 0.717) is 6.10 Å². The first-order chi connectivity index (χ1) is 9.29. The summed E-state index contributed by atoms with van der Waals surface area (Å²) in [5.41, 5.74) is 2.31. The van der Waals surface area contributed by atoms with Crippen LogP contribution >= 0.6 is 0 Å². The van der Waals surface area contributed by atoms with Crippen LogP contribution in [0.2, 0.25) is 0 Å². The molecular formula is C15H25N3O. The molecule has 0 radical (unpaired) electrons. The summed E-state index contributed by atoms with van der Waals surface area (Å²) in [5.74, 6) is 0. The number of rotatable bonds is 6. The van der Waals surface area contributed by atoms with Gasteiger partial charge in [-0.2, -0.15) is 0 Å². The van der Waals surface area contributed by atoms with Crippen molar-refractivity contribution in [1.82, 2.24) is 10.3 Å². The summed E-state index contributed by atoms with van der Waals surface area (Å²) in [6, 6.07) is 4.23. The minimum absolute atomic E-state index is 0.379. The largest absolute Gasteiger partial charge is 0.376 e. The van der Waals surface area contributed by atoms with Gasteiger partial charge in [-0.1, -0.05) is 6.92 Å². The molecule has 0 spiro atoms. The fourth-order valence-electron chi connectivity index (χ4n) is 2.41. The Bertz CT molecular complexity index is 377. The smallest absolute Gasteiger partial charge is 0.0749 e. The van der Waals surface area contributed by atoms with E-state index in [2.05, 4.69) is 41.3 Å². The van der Waals surface area contributed by atoms with E-state index in [9.17, 15) is 0 Å². The second kappa shape index (κ2) is 7.46. The molecule has 0 bridgehead atoms. The van der Waals surface area contributed by atoms with Crippen molar-refractivity contribution >= 4 is 5.69 Å². The van der Waals surface area contributed by atoms with Crippen molar-refractivity contribution < 1.29 is 4.74 Å². The average Bonchev–Trinajstić information content (AvgIpc) is 2.46. The Kier molecular flexibility index (Phi) is 5.61. The van der Waals surface area contributed by atoms with Crippen molar-refractivity contribution in [1.29, 1.82) is 0 Å². The first-order valence-corrected chi connectivity index (χ1v) is 7.28. The summed E-state index contributed by atoms with van der Waals surface area (Å²) >= 11 is 0. The first kappa shape index (κ1) is 14.3. The van der Waals surface area contributed by atoms with Crippen molar-refractivity contribution in [3.05, 3.63) is 24.0 Å². The third kappa shape index (κ3) is 4.48. The lowest BCUT2D eigenvalue weighted by molar-refractivity contribution is 0.0216. The van der Waals surface area contributed by atoms with Gasteiger partial charge in [0, 0.05) is 38.6 Å². The number of likely N-dealkylation sites (N-methyl/N-ethyl adjacent to an activating group) is 1. The van der Waals surface area contributed by atoms with Gasteiger partial charge in [-0.15, -0.1) is 0 Å². The molecular weight excluding hydrogens is 238 g/mol. The molecule has 4 heteroatoms. The van der Waals surface area contributed by atoms with E-state index in [1.807, 2.05) is 6.20 Å². The van der Waals surface area contributed by atoms with Crippen LogP contribution in [0.1, 0.15) is 31.9 Å². The number of nitrogens with zero attached hydrogens (tertiary/aromatic N) is 2. The predicted octanol–water partition coefficient (Wildman–Crippen LogP) is 2.20. The van der Waals surface area contributed by atoms with Crippen LogP contribution in [-0.2, 0) is 11.3 Å². The molecule has 0 aromatic carbocycles. The van der Waals surface area contributed by atoms with E-state index < -0.39 is 0 Å². The molecule has 1 saturated heterocycles. The van der Waals surface area contributed by atoms with E-state index in [-0.39, 0.29) is 0 Å². The van der Waals surface area contributed by atoms with Crippen LogP contribution in [-0.4, -0.2) is 37.8 Å². The molecule has 19 heavy (non-hydrogen) atoms. The molecule has 1 aromatic rings. The van der Waals surface area contributed by atoms with Gasteiger partial charge in [0.25, 0.3) is 0 Å². The van der Waals surface area contributed by atoms with Crippen LogP contribution in [0.15, 0.2) is 18.3 Å². The lowest BCUT2D eigenvalue weighted by atomic mass is 10.1. The third-order valence-corrected chi connectivity index (χ3v) is 3.55. The lowest BCUT2D eigenvalue weighted by Gasteiger charge is -2.28. The fourth-order valence-corrected chi connectivity index (χ4v) is 2.41. The van der Waals surface area contributed by atoms with Gasteiger partial charge in [0.05, 0.1) is 11.8 Å². The second-order valence-electron chi connectivity index (χ2n) is 5.15. The Morgan fingerprint density at radius 3 is 3.11 bits per heavy atom. The Balaban J connectivity index is 1.91. The molecule has 2 heterocycles. The maximum Gasteiger partial charge on any atom is 0.0749 e. The topological polar surface area (TPSA) is 37.4 Å². The molecule has 0 aliphatic carbocycles.